The highest BCUT2D eigenvalue weighted by atomic mass is 16.5. The Labute approximate surface area is 119 Å². The summed E-state index contributed by atoms with van der Waals surface area (Å²) in [6.45, 7) is 2.14. The molecule has 0 saturated heterocycles. The molecule has 1 aliphatic carbocycles. The van der Waals surface area contributed by atoms with Gasteiger partial charge in [0.15, 0.2) is 11.5 Å². The number of rotatable bonds is 7. The van der Waals surface area contributed by atoms with Crippen molar-refractivity contribution in [1.82, 2.24) is 0 Å². The number of carboxylic acid groups (broad SMARTS) is 1. The highest BCUT2D eigenvalue weighted by Gasteiger charge is 2.43. The van der Waals surface area contributed by atoms with E-state index >= 15 is 0 Å². The van der Waals surface area contributed by atoms with Crippen LogP contribution < -0.4 is 9.47 Å². The SMILES string of the molecule is CCC(CC1CC1C(=O)O)c1ccc(OC)c(OC)c1. The molecule has 1 aromatic carbocycles. The van der Waals surface area contributed by atoms with Crippen LogP contribution in [0.1, 0.15) is 37.7 Å². The van der Waals surface area contributed by atoms with E-state index in [-0.39, 0.29) is 5.92 Å². The van der Waals surface area contributed by atoms with E-state index in [4.69, 9.17) is 14.6 Å². The number of benzene rings is 1. The Morgan fingerprint density at radius 1 is 1.35 bits per heavy atom. The molecule has 0 aromatic heterocycles. The van der Waals surface area contributed by atoms with Crippen molar-refractivity contribution in [3.05, 3.63) is 23.8 Å². The van der Waals surface area contributed by atoms with Crippen LogP contribution in [0.25, 0.3) is 0 Å². The van der Waals surface area contributed by atoms with Gasteiger partial charge in [-0.15, -0.1) is 0 Å². The van der Waals surface area contributed by atoms with Crippen molar-refractivity contribution < 1.29 is 19.4 Å². The average Bonchev–Trinajstić information content (AvgIpc) is 3.23. The van der Waals surface area contributed by atoms with Gasteiger partial charge in [-0.1, -0.05) is 13.0 Å². The van der Waals surface area contributed by atoms with Crippen molar-refractivity contribution in [2.45, 2.75) is 32.1 Å². The largest absolute Gasteiger partial charge is 0.493 e. The molecule has 0 amide bonds. The summed E-state index contributed by atoms with van der Waals surface area (Å²) in [5.74, 6) is 1.37. The molecule has 1 fully saturated rings. The van der Waals surface area contributed by atoms with Gasteiger partial charge in [-0.05, 0) is 48.8 Å². The van der Waals surface area contributed by atoms with Gasteiger partial charge in [0.25, 0.3) is 0 Å². The van der Waals surface area contributed by atoms with E-state index in [9.17, 15) is 4.79 Å². The zero-order valence-electron chi connectivity index (χ0n) is 12.3. The fourth-order valence-corrected chi connectivity index (χ4v) is 2.82. The molecule has 1 aliphatic rings. The van der Waals surface area contributed by atoms with Crippen molar-refractivity contribution in [3.63, 3.8) is 0 Å². The summed E-state index contributed by atoms with van der Waals surface area (Å²) in [6, 6.07) is 5.97. The van der Waals surface area contributed by atoms with Gasteiger partial charge >= 0.3 is 5.97 Å². The summed E-state index contributed by atoms with van der Waals surface area (Å²) in [5.41, 5.74) is 1.20. The topological polar surface area (TPSA) is 55.8 Å². The first-order valence-electron chi connectivity index (χ1n) is 7.05. The Morgan fingerprint density at radius 2 is 2.05 bits per heavy atom. The fourth-order valence-electron chi connectivity index (χ4n) is 2.82. The molecule has 20 heavy (non-hydrogen) atoms. The predicted molar refractivity (Wildman–Crippen MR) is 76.4 cm³/mol. The molecule has 1 N–H and O–H groups in total. The van der Waals surface area contributed by atoms with E-state index in [1.165, 1.54) is 5.56 Å². The zero-order chi connectivity index (χ0) is 14.7. The van der Waals surface area contributed by atoms with E-state index in [0.717, 1.165) is 30.8 Å². The van der Waals surface area contributed by atoms with Gasteiger partial charge in [-0.3, -0.25) is 4.79 Å². The lowest BCUT2D eigenvalue weighted by atomic mass is 9.90. The summed E-state index contributed by atoms with van der Waals surface area (Å²) in [5, 5.41) is 8.99. The van der Waals surface area contributed by atoms with Crippen molar-refractivity contribution in [2.24, 2.45) is 11.8 Å². The molecule has 0 bridgehead atoms. The van der Waals surface area contributed by atoms with Crippen LogP contribution in [0.3, 0.4) is 0 Å². The predicted octanol–water partition coefficient (Wildman–Crippen LogP) is 3.31. The number of hydrogen-bond acceptors (Lipinski definition) is 3. The number of ether oxygens (including phenoxy) is 2. The minimum Gasteiger partial charge on any atom is -0.493 e. The third kappa shape index (κ3) is 3.06. The standard InChI is InChI=1S/C16H22O4/c1-4-10(7-12-8-13(12)16(17)18)11-5-6-14(19-2)15(9-11)20-3/h5-6,9-10,12-13H,4,7-8H2,1-3H3,(H,17,18). The second-order valence-electron chi connectivity index (χ2n) is 5.40. The quantitative estimate of drug-likeness (QED) is 0.831. The maximum absolute atomic E-state index is 10.9. The molecule has 4 nitrogen and oxygen atoms in total. The molecule has 3 atom stereocenters. The lowest BCUT2D eigenvalue weighted by molar-refractivity contribution is -0.138. The molecule has 4 heteroatoms. The van der Waals surface area contributed by atoms with Crippen LogP contribution in [0.4, 0.5) is 0 Å². The summed E-state index contributed by atoms with van der Waals surface area (Å²) in [7, 11) is 3.25. The van der Waals surface area contributed by atoms with Gasteiger partial charge in [-0.25, -0.2) is 0 Å². The van der Waals surface area contributed by atoms with Crippen LogP contribution in [0.15, 0.2) is 18.2 Å². The van der Waals surface area contributed by atoms with Gasteiger partial charge in [-0.2, -0.15) is 0 Å². The normalized spacial score (nSPS) is 22.1. The maximum atomic E-state index is 10.9. The Kier molecular flexibility index (Phi) is 4.53. The van der Waals surface area contributed by atoms with Crippen molar-refractivity contribution in [2.75, 3.05) is 14.2 Å². The van der Waals surface area contributed by atoms with Gasteiger partial charge in [0.2, 0.25) is 0 Å². The first kappa shape index (κ1) is 14.7. The van der Waals surface area contributed by atoms with Crippen molar-refractivity contribution in [1.29, 1.82) is 0 Å². The molecular weight excluding hydrogens is 256 g/mol. The fraction of sp³-hybridized carbons (Fsp3) is 0.562. The second-order valence-corrected chi connectivity index (χ2v) is 5.40. The molecule has 1 saturated carbocycles. The molecule has 110 valence electrons. The molecule has 1 aromatic rings. The van der Waals surface area contributed by atoms with E-state index in [1.807, 2.05) is 18.2 Å². The van der Waals surface area contributed by atoms with E-state index in [0.29, 0.717) is 11.8 Å². The number of carbonyl (C=O) groups is 1. The number of aliphatic carboxylic acids is 1. The molecule has 0 heterocycles. The van der Waals surface area contributed by atoms with Crippen LogP contribution >= 0.6 is 0 Å². The summed E-state index contributed by atoms with van der Waals surface area (Å²) in [4.78, 5) is 10.9. The summed E-state index contributed by atoms with van der Waals surface area (Å²) in [6.07, 6.45) is 2.75. The zero-order valence-corrected chi connectivity index (χ0v) is 12.3. The van der Waals surface area contributed by atoms with Gasteiger partial charge in [0, 0.05) is 0 Å². The number of hydrogen-bond donors (Lipinski definition) is 1. The van der Waals surface area contributed by atoms with Crippen LogP contribution in [-0.2, 0) is 4.79 Å². The smallest absolute Gasteiger partial charge is 0.306 e. The third-order valence-corrected chi connectivity index (χ3v) is 4.20. The van der Waals surface area contributed by atoms with Crippen LogP contribution in [0, 0.1) is 11.8 Å². The number of methoxy groups -OCH3 is 2. The molecular formula is C16H22O4. The second kappa shape index (κ2) is 6.16. The van der Waals surface area contributed by atoms with E-state index in [1.54, 1.807) is 14.2 Å². The first-order chi connectivity index (χ1) is 9.60. The molecule has 2 rings (SSSR count). The lowest BCUT2D eigenvalue weighted by Gasteiger charge is -2.17. The molecule has 0 spiro atoms. The van der Waals surface area contributed by atoms with Gasteiger partial charge < -0.3 is 14.6 Å². The van der Waals surface area contributed by atoms with Gasteiger partial charge in [0.1, 0.15) is 0 Å². The minimum absolute atomic E-state index is 0.135. The molecule has 3 unspecified atom stereocenters. The maximum Gasteiger partial charge on any atom is 0.306 e. The molecule has 0 aliphatic heterocycles. The highest BCUT2D eigenvalue weighted by molar-refractivity contribution is 5.73. The van der Waals surface area contributed by atoms with Crippen molar-refractivity contribution >= 4 is 5.97 Å². The monoisotopic (exact) mass is 278 g/mol. The Bertz CT molecular complexity index is 483. The Morgan fingerprint density at radius 3 is 2.55 bits per heavy atom. The minimum atomic E-state index is -0.655. The third-order valence-electron chi connectivity index (χ3n) is 4.20. The van der Waals surface area contributed by atoms with Crippen LogP contribution in [0.5, 0.6) is 11.5 Å². The first-order valence-corrected chi connectivity index (χ1v) is 7.05. The Hall–Kier alpha value is -1.71. The van der Waals surface area contributed by atoms with Gasteiger partial charge in [0.05, 0.1) is 20.1 Å². The van der Waals surface area contributed by atoms with Crippen molar-refractivity contribution in [3.8, 4) is 11.5 Å². The van der Waals surface area contributed by atoms with E-state index in [2.05, 4.69) is 6.92 Å². The van der Waals surface area contributed by atoms with E-state index < -0.39 is 5.97 Å². The molecule has 0 radical (unpaired) electrons. The number of carboxylic acids is 1. The summed E-state index contributed by atoms with van der Waals surface area (Å²) >= 11 is 0. The van der Waals surface area contributed by atoms with Crippen LogP contribution in [0.2, 0.25) is 0 Å². The van der Waals surface area contributed by atoms with Crippen LogP contribution in [-0.4, -0.2) is 25.3 Å². The highest BCUT2D eigenvalue weighted by Crippen LogP contribution is 2.46. The Balaban J connectivity index is 2.10. The summed E-state index contributed by atoms with van der Waals surface area (Å²) < 4.78 is 10.6. The average molecular weight is 278 g/mol. The lowest BCUT2D eigenvalue weighted by Crippen LogP contribution is -2.04.